The molecule has 114 valence electrons. The van der Waals surface area contributed by atoms with Gasteiger partial charge in [-0.05, 0) is 51.2 Å². The summed E-state index contributed by atoms with van der Waals surface area (Å²) in [6.07, 6.45) is 13.5. The Morgan fingerprint density at radius 1 is 1.14 bits per heavy atom. The molecule has 0 bridgehead atoms. The van der Waals surface area contributed by atoms with Crippen LogP contribution < -0.4 is 4.90 Å². The van der Waals surface area contributed by atoms with Crippen molar-refractivity contribution in [2.45, 2.75) is 45.6 Å². The van der Waals surface area contributed by atoms with Gasteiger partial charge in [0.2, 0.25) is 0 Å². The van der Waals surface area contributed by atoms with Crippen LogP contribution in [0.4, 0.5) is 5.69 Å². The second kappa shape index (κ2) is 6.39. The van der Waals surface area contributed by atoms with Gasteiger partial charge in [-0.1, -0.05) is 60.2 Å². The SMILES string of the molecule is C=C1CC/C=C\Cc2ccccc2N1[C@H]1C=C(C)C=C(C)C1. The molecule has 0 saturated carbocycles. The molecule has 0 fully saturated rings. The van der Waals surface area contributed by atoms with Crippen LogP contribution in [-0.4, -0.2) is 6.04 Å². The van der Waals surface area contributed by atoms with Crippen molar-refractivity contribution in [3.8, 4) is 0 Å². The van der Waals surface area contributed by atoms with E-state index < -0.39 is 0 Å². The Kier molecular flexibility index (Phi) is 4.33. The predicted molar refractivity (Wildman–Crippen MR) is 96.1 cm³/mol. The molecule has 1 atom stereocenters. The molecule has 1 aromatic carbocycles. The fraction of sp³-hybridized carbons (Fsp3) is 0.333. The van der Waals surface area contributed by atoms with Gasteiger partial charge in [0, 0.05) is 11.4 Å². The van der Waals surface area contributed by atoms with Gasteiger partial charge in [-0.25, -0.2) is 0 Å². The third-order valence-corrected chi connectivity index (χ3v) is 4.49. The van der Waals surface area contributed by atoms with Gasteiger partial charge in [0.25, 0.3) is 0 Å². The zero-order valence-corrected chi connectivity index (χ0v) is 13.7. The molecule has 0 unspecified atom stereocenters. The number of anilines is 1. The Hall–Kier alpha value is -2.02. The molecule has 0 radical (unpaired) electrons. The number of hydrogen-bond acceptors (Lipinski definition) is 1. The quantitative estimate of drug-likeness (QED) is 0.612. The molecular formula is C21H25N. The molecule has 3 rings (SSSR count). The molecule has 0 N–H and O–H groups in total. The first kappa shape index (κ1) is 14.9. The number of benzene rings is 1. The monoisotopic (exact) mass is 291 g/mol. The van der Waals surface area contributed by atoms with Crippen LogP contribution in [0.25, 0.3) is 0 Å². The van der Waals surface area contributed by atoms with Crippen molar-refractivity contribution in [2.24, 2.45) is 0 Å². The van der Waals surface area contributed by atoms with E-state index in [0.717, 1.165) is 25.7 Å². The van der Waals surface area contributed by atoms with Crippen LogP contribution in [0, 0.1) is 0 Å². The van der Waals surface area contributed by atoms with Gasteiger partial charge in [-0.15, -0.1) is 0 Å². The first-order chi connectivity index (χ1) is 10.6. The number of rotatable bonds is 1. The van der Waals surface area contributed by atoms with Crippen LogP contribution in [0.1, 0.15) is 38.7 Å². The van der Waals surface area contributed by atoms with E-state index in [0.29, 0.717) is 6.04 Å². The van der Waals surface area contributed by atoms with Gasteiger partial charge in [-0.2, -0.15) is 0 Å². The second-order valence-corrected chi connectivity index (χ2v) is 6.45. The molecule has 1 aliphatic heterocycles. The number of hydrogen-bond donors (Lipinski definition) is 0. The highest BCUT2D eigenvalue weighted by Crippen LogP contribution is 2.33. The Balaban J connectivity index is 2.04. The fourth-order valence-electron chi connectivity index (χ4n) is 3.55. The van der Waals surface area contributed by atoms with E-state index in [4.69, 9.17) is 0 Å². The Labute approximate surface area is 134 Å². The van der Waals surface area contributed by atoms with Crippen molar-refractivity contribution >= 4 is 5.69 Å². The smallest absolute Gasteiger partial charge is 0.0561 e. The minimum Gasteiger partial charge on any atom is -0.338 e. The zero-order valence-electron chi connectivity index (χ0n) is 13.7. The lowest BCUT2D eigenvalue weighted by atomic mass is 9.94. The van der Waals surface area contributed by atoms with Gasteiger partial charge >= 0.3 is 0 Å². The summed E-state index contributed by atoms with van der Waals surface area (Å²) in [5.74, 6) is 0. The summed E-state index contributed by atoms with van der Waals surface area (Å²) in [7, 11) is 0. The molecular weight excluding hydrogens is 266 g/mol. The molecule has 1 aliphatic carbocycles. The number of nitrogens with zero attached hydrogens (tertiary/aromatic N) is 1. The Morgan fingerprint density at radius 3 is 2.77 bits per heavy atom. The first-order valence-corrected chi connectivity index (χ1v) is 8.20. The minimum atomic E-state index is 0.386. The van der Waals surface area contributed by atoms with Gasteiger partial charge < -0.3 is 4.90 Å². The average Bonchev–Trinajstić information content (AvgIpc) is 2.54. The van der Waals surface area contributed by atoms with E-state index in [-0.39, 0.29) is 0 Å². The molecule has 1 heteroatoms. The van der Waals surface area contributed by atoms with Crippen molar-refractivity contribution in [3.63, 3.8) is 0 Å². The highest BCUT2D eigenvalue weighted by Gasteiger charge is 2.24. The third-order valence-electron chi connectivity index (χ3n) is 4.49. The molecule has 22 heavy (non-hydrogen) atoms. The number of fused-ring (bicyclic) bond motifs is 1. The Bertz CT molecular complexity index is 660. The van der Waals surface area contributed by atoms with Gasteiger partial charge in [0.15, 0.2) is 0 Å². The van der Waals surface area contributed by atoms with Crippen molar-refractivity contribution in [2.75, 3.05) is 4.90 Å². The van der Waals surface area contributed by atoms with Crippen LogP contribution in [-0.2, 0) is 6.42 Å². The molecule has 1 aromatic rings. The van der Waals surface area contributed by atoms with E-state index in [2.05, 4.69) is 73.9 Å². The average molecular weight is 291 g/mol. The summed E-state index contributed by atoms with van der Waals surface area (Å²) in [5.41, 5.74) is 6.75. The summed E-state index contributed by atoms with van der Waals surface area (Å²) >= 11 is 0. The van der Waals surface area contributed by atoms with Crippen LogP contribution in [0.15, 0.2) is 72.0 Å². The molecule has 0 amide bonds. The van der Waals surface area contributed by atoms with Crippen molar-refractivity contribution in [1.82, 2.24) is 0 Å². The van der Waals surface area contributed by atoms with E-state index in [1.165, 1.54) is 28.1 Å². The lowest BCUT2D eigenvalue weighted by molar-refractivity contribution is 0.701. The van der Waals surface area contributed by atoms with Crippen LogP contribution in [0.2, 0.25) is 0 Å². The molecule has 1 heterocycles. The molecule has 0 spiro atoms. The standard InChI is InChI=1S/C21H25N/c1-16-13-17(2)15-20(14-16)22-18(3)9-5-4-6-10-19-11-7-8-12-21(19)22/h4,6-8,11-14,20H,3,5,9-10,15H2,1-2H3/b6-4-/t20-/m0/s1. The number of allylic oxidation sites excluding steroid dienone is 5. The fourth-order valence-corrected chi connectivity index (χ4v) is 3.55. The minimum absolute atomic E-state index is 0.386. The molecule has 2 aliphatic rings. The zero-order chi connectivity index (χ0) is 15.5. The van der Waals surface area contributed by atoms with Crippen molar-refractivity contribution < 1.29 is 0 Å². The van der Waals surface area contributed by atoms with Crippen molar-refractivity contribution in [1.29, 1.82) is 0 Å². The summed E-state index contributed by atoms with van der Waals surface area (Å²) in [5, 5.41) is 0. The molecule has 0 saturated heterocycles. The highest BCUT2D eigenvalue weighted by atomic mass is 15.2. The van der Waals surface area contributed by atoms with E-state index in [9.17, 15) is 0 Å². The largest absolute Gasteiger partial charge is 0.338 e. The van der Waals surface area contributed by atoms with Crippen LogP contribution in [0.3, 0.4) is 0 Å². The first-order valence-electron chi connectivity index (χ1n) is 8.20. The topological polar surface area (TPSA) is 3.24 Å². The Morgan fingerprint density at radius 2 is 1.95 bits per heavy atom. The van der Waals surface area contributed by atoms with Crippen LogP contribution in [0.5, 0.6) is 0 Å². The van der Waals surface area contributed by atoms with E-state index >= 15 is 0 Å². The van der Waals surface area contributed by atoms with Gasteiger partial charge in [0.05, 0.1) is 6.04 Å². The second-order valence-electron chi connectivity index (χ2n) is 6.45. The number of para-hydroxylation sites is 1. The van der Waals surface area contributed by atoms with E-state index in [1.807, 2.05) is 0 Å². The predicted octanol–water partition coefficient (Wildman–Crippen LogP) is 5.56. The van der Waals surface area contributed by atoms with Crippen molar-refractivity contribution in [3.05, 3.63) is 77.6 Å². The highest BCUT2D eigenvalue weighted by molar-refractivity contribution is 5.61. The molecule has 1 nitrogen and oxygen atoms in total. The lowest BCUT2D eigenvalue weighted by Crippen LogP contribution is -2.35. The third kappa shape index (κ3) is 3.09. The molecule has 0 aromatic heterocycles. The van der Waals surface area contributed by atoms with Crippen LogP contribution >= 0.6 is 0 Å². The normalized spacial score (nSPS) is 23.6. The maximum atomic E-state index is 4.41. The van der Waals surface area contributed by atoms with Gasteiger partial charge in [0.1, 0.15) is 0 Å². The van der Waals surface area contributed by atoms with E-state index in [1.54, 1.807) is 0 Å². The maximum absolute atomic E-state index is 4.41. The lowest BCUT2D eigenvalue weighted by Gasteiger charge is -2.36. The summed E-state index contributed by atoms with van der Waals surface area (Å²) in [4.78, 5) is 2.47. The van der Waals surface area contributed by atoms with Gasteiger partial charge in [-0.3, -0.25) is 0 Å². The summed E-state index contributed by atoms with van der Waals surface area (Å²) < 4.78 is 0. The maximum Gasteiger partial charge on any atom is 0.0561 e. The summed E-state index contributed by atoms with van der Waals surface area (Å²) in [6.45, 7) is 8.84. The summed E-state index contributed by atoms with van der Waals surface area (Å²) in [6, 6.07) is 9.16.